The molecule has 0 spiro atoms. The van der Waals surface area contributed by atoms with Crippen LogP contribution in [0.4, 0.5) is 0 Å². The Morgan fingerprint density at radius 1 is 2.00 bits per heavy atom. The van der Waals surface area contributed by atoms with E-state index in [1.165, 1.54) is 0 Å². The summed E-state index contributed by atoms with van der Waals surface area (Å²) in [7, 11) is -0.122. The molecule has 4 nitrogen and oxygen atoms in total. The summed E-state index contributed by atoms with van der Waals surface area (Å²) in [6.07, 6.45) is 0. The molecule has 0 rings (SSSR count). The Labute approximate surface area is 43.4 Å². The van der Waals surface area contributed by atoms with E-state index >= 15 is 0 Å². The van der Waals surface area contributed by atoms with Crippen LogP contribution in [-0.4, -0.2) is 6.61 Å². The van der Waals surface area contributed by atoms with Crippen LogP contribution in [0.15, 0.2) is 4.88 Å². The van der Waals surface area contributed by atoms with Crippen LogP contribution in [0.3, 0.4) is 0 Å². The molecule has 5 heteroatoms. The van der Waals surface area contributed by atoms with E-state index < -0.39 is 0 Å². The molecule has 1 atom stereocenters. The molecule has 0 fully saturated rings. The lowest BCUT2D eigenvalue weighted by Crippen LogP contribution is -1.68. The van der Waals surface area contributed by atoms with Crippen molar-refractivity contribution in [3.8, 4) is 0 Å². The molecule has 0 aliphatic heterocycles. The van der Waals surface area contributed by atoms with E-state index in [0.717, 1.165) is 0 Å². The van der Waals surface area contributed by atoms with E-state index in [2.05, 4.69) is 21.2 Å². The van der Waals surface area contributed by atoms with Gasteiger partial charge in [-0.2, -0.15) is 0 Å². The first kappa shape index (κ1) is 6.70. The molecule has 1 radical (unpaired) electrons. The fourth-order valence-corrected chi connectivity index (χ4v) is 0.278. The average Bonchev–Trinajstić information content (AvgIpc) is 1.69. The highest BCUT2D eigenvalue weighted by molar-refractivity contribution is 7.30. The zero-order valence-electron chi connectivity index (χ0n) is 3.66. The second kappa shape index (κ2) is 5.70. The van der Waals surface area contributed by atoms with Gasteiger partial charge in [0.2, 0.25) is 0 Å². The summed E-state index contributed by atoms with van der Waals surface area (Å²) >= 11 is 0. The van der Waals surface area contributed by atoms with Gasteiger partial charge in [-0.25, -0.2) is 0 Å². The zero-order valence-corrected chi connectivity index (χ0v) is 4.66. The molecule has 0 bridgehead atoms. The van der Waals surface area contributed by atoms with Crippen LogP contribution in [0.5, 0.6) is 0 Å². The average molecular weight is 118 g/mol. The molecule has 0 aromatic heterocycles. The quantitative estimate of drug-likeness (QED) is 0.183. The van der Waals surface area contributed by atoms with E-state index in [4.69, 9.17) is 5.53 Å². The molecular weight excluding hydrogens is 113 g/mol. The minimum atomic E-state index is -0.122. The lowest BCUT2D eigenvalue weighted by Gasteiger charge is -1.86. The van der Waals surface area contributed by atoms with Crippen molar-refractivity contribution < 1.29 is 4.52 Å². The monoisotopic (exact) mass is 118 g/mol. The van der Waals surface area contributed by atoms with Crippen molar-refractivity contribution in [2.75, 3.05) is 6.61 Å². The van der Waals surface area contributed by atoms with Gasteiger partial charge in [0, 0.05) is 4.91 Å². The molecule has 0 amide bonds. The summed E-state index contributed by atoms with van der Waals surface area (Å²) in [5.74, 6) is 0. The topological polar surface area (TPSA) is 58.0 Å². The summed E-state index contributed by atoms with van der Waals surface area (Å²) in [5, 5.41) is 0. The van der Waals surface area contributed by atoms with Crippen LogP contribution in [0.25, 0.3) is 10.4 Å². The van der Waals surface area contributed by atoms with Crippen molar-refractivity contribution in [2.24, 2.45) is 4.88 Å². The minimum Gasteiger partial charge on any atom is -0.356 e. The van der Waals surface area contributed by atoms with Crippen molar-refractivity contribution >= 4 is 8.96 Å². The molecule has 7 heavy (non-hydrogen) atoms. The third-order valence-electron chi connectivity index (χ3n) is 0.252. The SMILES string of the molecule is [CH2]COPN=[N+]=[N-]. The molecular formula is C2H5N3OP. The highest BCUT2D eigenvalue weighted by Gasteiger charge is 1.71. The lowest BCUT2D eigenvalue weighted by atomic mass is 10.9. The Morgan fingerprint density at radius 3 is 3.14 bits per heavy atom. The van der Waals surface area contributed by atoms with Crippen molar-refractivity contribution in [3.05, 3.63) is 17.4 Å². The number of rotatable bonds is 3. The van der Waals surface area contributed by atoms with Crippen LogP contribution in [0, 0.1) is 6.92 Å². The number of azide groups is 1. The fourth-order valence-electron chi connectivity index (χ4n) is 0.0928. The van der Waals surface area contributed by atoms with Gasteiger partial charge in [0.1, 0.15) is 8.96 Å². The predicted octanol–water partition coefficient (Wildman–Crippen LogP) is 1.66. The van der Waals surface area contributed by atoms with Crippen LogP contribution in [0.1, 0.15) is 0 Å². The Kier molecular flexibility index (Phi) is 5.46. The molecule has 39 valence electrons. The molecule has 0 heterocycles. The lowest BCUT2D eigenvalue weighted by molar-refractivity contribution is 0.414. The van der Waals surface area contributed by atoms with Gasteiger partial charge in [0.05, 0.1) is 6.61 Å². The molecule has 1 unspecified atom stereocenters. The first-order chi connectivity index (χ1) is 3.41. The van der Waals surface area contributed by atoms with Gasteiger partial charge < -0.3 is 4.52 Å². The van der Waals surface area contributed by atoms with Crippen molar-refractivity contribution in [1.82, 2.24) is 0 Å². The van der Waals surface area contributed by atoms with Gasteiger partial charge in [-0.3, -0.25) is 0 Å². The summed E-state index contributed by atoms with van der Waals surface area (Å²) in [5.41, 5.74) is 7.66. The molecule has 0 saturated heterocycles. The standard InChI is InChI=1S/C2H5N3OP/c1-2-6-7-5-4-3/h7H,1-2H2. The van der Waals surface area contributed by atoms with Gasteiger partial charge in [0.15, 0.2) is 0 Å². The van der Waals surface area contributed by atoms with E-state index in [0.29, 0.717) is 6.61 Å². The van der Waals surface area contributed by atoms with Gasteiger partial charge >= 0.3 is 0 Å². The van der Waals surface area contributed by atoms with Crippen molar-refractivity contribution in [3.63, 3.8) is 0 Å². The maximum Gasteiger partial charge on any atom is 0.107 e. The number of hydrogen-bond acceptors (Lipinski definition) is 2. The highest BCUT2D eigenvalue weighted by atomic mass is 31.1. The Morgan fingerprint density at radius 2 is 2.71 bits per heavy atom. The number of nitrogens with zero attached hydrogens (tertiary/aromatic N) is 3. The van der Waals surface area contributed by atoms with Crippen LogP contribution >= 0.6 is 8.96 Å². The molecule has 0 aromatic carbocycles. The Bertz CT molecular complexity index is 79.0. The maximum absolute atomic E-state index is 7.66. The van der Waals surface area contributed by atoms with E-state index in [1.54, 1.807) is 0 Å². The zero-order chi connectivity index (χ0) is 5.54. The first-order valence-electron chi connectivity index (χ1n) is 1.62. The fraction of sp³-hybridized carbons (Fsp3) is 0.500. The normalized spacial score (nSPS) is 9.29. The maximum atomic E-state index is 7.66. The van der Waals surface area contributed by atoms with Gasteiger partial charge in [-0.05, 0) is 17.3 Å². The van der Waals surface area contributed by atoms with E-state index in [9.17, 15) is 0 Å². The largest absolute Gasteiger partial charge is 0.356 e. The summed E-state index contributed by atoms with van der Waals surface area (Å²) in [6, 6.07) is 0. The molecule has 0 aliphatic carbocycles. The van der Waals surface area contributed by atoms with Crippen molar-refractivity contribution in [1.29, 1.82) is 0 Å². The minimum absolute atomic E-state index is 0.122. The Hall–Kier alpha value is -0.300. The third kappa shape index (κ3) is 5.70. The van der Waals surface area contributed by atoms with Crippen LogP contribution < -0.4 is 0 Å². The highest BCUT2D eigenvalue weighted by Crippen LogP contribution is 2.11. The summed E-state index contributed by atoms with van der Waals surface area (Å²) in [4.78, 5) is 5.57. The summed E-state index contributed by atoms with van der Waals surface area (Å²) in [6.45, 7) is 3.72. The van der Waals surface area contributed by atoms with Crippen molar-refractivity contribution in [2.45, 2.75) is 0 Å². The molecule has 0 aromatic rings. The van der Waals surface area contributed by atoms with Gasteiger partial charge in [-0.1, -0.05) is 0 Å². The summed E-state index contributed by atoms with van der Waals surface area (Å²) < 4.78 is 4.57. The molecule has 0 saturated carbocycles. The van der Waals surface area contributed by atoms with E-state index in [1.807, 2.05) is 0 Å². The predicted molar refractivity (Wildman–Crippen MR) is 28.8 cm³/mol. The Balaban J connectivity index is 2.83. The smallest absolute Gasteiger partial charge is 0.107 e. The van der Waals surface area contributed by atoms with Crippen LogP contribution in [-0.2, 0) is 4.52 Å². The molecule has 0 N–H and O–H groups in total. The third-order valence-corrected chi connectivity index (χ3v) is 0.756. The second-order valence-corrected chi connectivity index (χ2v) is 1.30. The first-order valence-corrected chi connectivity index (χ1v) is 2.47. The van der Waals surface area contributed by atoms with E-state index in [-0.39, 0.29) is 8.96 Å². The second-order valence-electron chi connectivity index (χ2n) is 0.629. The van der Waals surface area contributed by atoms with Crippen LogP contribution in [0.2, 0.25) is 0 Å². The van der Waals surface area contributed by atoms with Gasteiger partial charge in [-0.15, -0.1) is 0 Å². The van der Waals surface area contributed by atoms with Gasteiger partial charge in [0.25, 0.3) is 0 Å². The molecule has 0 aliphatic rings. The number of hydrogen-bond donors (Lipinski definition) is 0.